The molecule has 0 unspecified atom stereocenters. The lowest BCUT2D eigenvalue weighted by atomic mass is 10.1. The summed E-state index contributed by atoms with van der Waals surface area (Å²) in [6.45, 7) is 5.50. The summed E-state index contributed by atoms with van der Waals surface area (Å²) in [5.74, 6) is -0.822. The predicted molar refractivity (Wildman–Crippen MR) is 67.2 cm³/mol. The average molecular weight is 253 g/mol. The van der Waals surface area contributed by atoms with Crippen LogP contribution in [0.2, 0.25) is 0 Å². The SMILES string of the molecule is CC(C)(C)ON[C@@H](Cc1ccc(O)cc1)C(=O)O. The van der Waals surface area contributed by atoms with Gasteiger partial charge in [-0.2, -0.15) is 5.48 Å². The maximum absolute atomic E-state index is 11.1. The number of carboxylic acids is 1. The Hall–Kier alpha value is -1.59. The number of aromatic hydroxyl groups is 1. The minimum Gasteiger partial charge on any atom is -0.508 e. The Morgan fingerprint density at radius 3 is 2.33 bits per heavy atom. The van der Waals surface area contributed by atoms with Gasteiger partial charge in [-0.1, -0.05) is 12.1 Å². The highest BCUT2D eigenvalue weighted by atomic mass is 16.7. The average Bonchev–Trinajstić information content (AvgIpc) is 2.25. The number of hydrogen-bond acceptors (Lipinski definition) is 4. The van der Waals surface area contributed by atoms with Crippen molar-refractivity contribution in [3.63, 3.8) is 0 Å². The summed E-state index contributed by atoms with van der Waals surface area (Å²) in [5.41, 5.74) is 2.91. The van der Waals surface area contributed by atoms with Crippen LogP contribution in [0.4, 0.5) is 0 Å². The molecular formula is C13H19NO4. The third-order valence-corrected chi connectivity index (χ3v) is 2.18. The third kappa shape index (κ3) is 5.16. The molecule has 3 N–H and O–H groups in total. The molecule has 0 saturated carbocycles. The van der Waals surface area contributed by atoms with Gasteiger partial charge in [0.25, 0.3) is 0 Å². The maximum atomic E-state index is 11.1. The van der Waals surface area contributed by atoms with Crippen LogP contribution in [0.5, 0.6) is 5.75 Å². The molecule has 0 aromatic heterocycles. The van der Waals surface area contributed by atoms with Crippen molar-refractivity contribution in [2.45, 2.75) is 38.8 Å². The van der Waals surface area contributed by atoms with E-state index in [0.29, 0.717) is 0 Å². The molecule has 0 radical (unpaired) electrons. The lowest BCUT2D eigenvalue weighted by Gasteiger charge is -2.23. The van der Waals surface area contributed by atoms with Crippen LogP contribution in [-0.2, 0) is 16.1 Å². The van der Waals surface area contributed by atoms with Gasteiger partial charge in [-0.25, -0.2) is 0 Å². The van der Waals surface area contributed by atoms with Crippen LogP contribution < -0.4 is 5.48 Å². The highest BCUT2D eigenvalue weighted by Crippen LogP contribution is 2.12. The molecular weight excluding hydrogens is 234 g/mol. The number of carbonyl (C=O) groups is 1. The highest BCUT2D eigenvalue weighted by Gasteiger charge is 2.21. The summed E-state index contributed by atoms with van der Waals surface area (Å²) in [6.07, 6.45) is 0.283. The molecule has 0 heterocycles. The van der Waals surface area contributed by atoms with Crippen molar-refractivity contribution in [2.24, 2.45) is 0 Å². The van der Waals surface area contributed by atoms with Gasteiger partial charge in [0.2, 0.25) is 0 Å². The quantitative estimate of drug-likeness (QED) is 0.696. The highest BCUT2D eigenvalue weighted by molar-refractivity contribution is 5.73. The Morgan fingerprint density at radius 1 is 1.33 bits per heavy atom. The Bertz CT molecular complexity index is 394. The summed E-state index contributed by atoms with van der Waals surface area (Å²) in [7, 11) is 0. The predicted octanol–water partition coefficient (Wildman–Crippen LogP) is 1.71. The minimum atomic E-state index is -0.979. The monoisotopic (exact) mass is 253 g/mol. The summed E-state index contributed by atoms with van der Waals surface area (Å²) >= 11 is 0. The number of hydrogen-bond donors (Lipinski definition) is 3. The van der Waals surface area contributed by atoms with E-state index in [4.69, 9.17) is 15.1 Å². The van der Waals surface area contributed by atoms with Crippen LogP contribution in [0.25, 0.3) is 0 Å². The van der Waals surface area contributed by atoms with Crippen LogP contribution in [0, 0.1) is 0 Å². The van der Waals surface area contributed by atoms with E-state index in [1.165, 1.54) is 12.1 Å². The van der Waals surface area contributed by atoms with E-state index in [9.17, 15) is 4.79 Å². The smallest absolute Gasteiger partial charge is 0.323 e. The van der Waals surface area contributed by atoms with Gasteiger partial charge in [-0.3, -0.25) is 9.63 Å². The number of phenolic OH excluding ortho intramolecular Hbond substituents is 1. The lowest BCUT2D eigenvalue weighted by Crippen LogP contribution is -2.42. The molecule has 1 rings (SSSR count). The van der Waals surface area contributed by atoms with Crippen LogP contribution in [0.1, 0.15) is 26.3 Å². The molecule has 1 atom stereocenters. The Labute approximate surface area is 106 Å². The zero-order valence-corrected chi connectivity index (χ0v) is 10.8. The van der Waals surface area contributed by atoms with Crippen LogP contribution in [0.3, 0.4) is 0 Å². The van der Waals surface area contributed by atoms with Crippen LogP contribution in [0.15, 0.2) is 24.3 Å². The molecule has 0 aliphatic rings. The minimum absolute atomic E-state index is 0.157. The van der Waals surface area contributed by atoms with Crippen molar-refractivity contribution in [2.75, 3.05) is 0 Å². The number of aliphatic carboxylic acids is 1. The van der Waals surface area contributed by atoms with Crippen molar-refractivity contribution in [3.05, 3.63) is 29.8 Å². The molecule has 18 heavy (non-hydrogen) atoms. The number of rotatable bonds is 5. The van der Waals surface area contributed by atoms with Gasteiger partial charge in [0.05, 0.1) is 5.60 Å². The van der Waals surface area contributed by atoms with Crippen LogP contribution in [-0.4, -0.2) is 27.8 Å². The molecule has 0 spiro atoms. The van der Waals surface area contributed by atoms with Gasteiger partial charge < -0.3 is 10.2 Å². The fourth-order valence-electron chi connectivity index (χ4n) is 1.30. The maximum Gasteiger partial charge on any atom is 0.323 e. The molecule has 5 nitrogen and oxygen atoms in total. The topological polar surface area (TPSA) is 78.8 Å². The standard InChI is InChI=1S/C13H19NO4/c1-13(2,3)18-14-11(12(16)17)8-9-4-6-10(15)7-5-9/h4-7,11,14-15H,8H2,1-3H3,(H,16,17)/t11-/m0/s1. The molecule has 5 heteroatoms. The first kappa shape index (κ1) is 14.5. The van der Waals surface area contributed by atoms with E-state index in [2.05, 4.69) is 5.48 Å². The summed E-state index contributed by atoms with van der Waals surface area (Å²) in [5, 5.41) is 18.2. The molecule has 1 aromatic rings. The van der Waals surface area contributed by atoms with E-state index in [-0.39, 0.29) is 12.2 Å². The zero-order chi connectivity index (χ0) is 13.8. The van der Waals surface area contributed by atoms with Crippen LogP contribution >= 0.6 is 0 Å². The zero-order valence-electron chi connectivity index (χ0n) is 10.8. The Balaban J connectivity index is 2.63. The molecule has 1 aromatic carbocycles. The van der Waals surface area contributed by atoms with E-state index >= 15 is 0 Å². The molecule has 0 fully saturated rings. The van der Waals surface area contributed by atoms with Crippen molar-refractivity contribution >= 4 is 5.97 Å². The normalized spacial score (nSPS) is 13.3. The van der Waals surface area contributed by atoms with Gasteiger partial charge in [-0.05, 0) is 38.5 Å². The second-order valence-electron chi connectivity index (χ2n) is 5.09. The largest absolute Gasteiger partial charge is 0.508 e. The van der Waals surface area contributed by atoms with Crippen molar-refractivity contribution < 1.29 is 19.8 Å². The fraction of sp³-hybridized carbons (Fsp3) is 0.462. The second-order valence-corrected chi connectivity index (χ2v) is 5.09. The first-order valence-corrected chi connectivity index (χ1v) is 5.72. The summed E-state index contributed by atoms with van der Waals surface area (Å²) < 4.78 is 0. The third-order valence-electron chi connectivity index (χ3n) is 2.18. The van der Waals surface area contributed by atoms with E-state index in [1.807, 2.05) is 20.8 Å². The van der Waals surface area contributed by atoms with Gasteiger partial charge in [0, 0.05) is 6.42 Å². The van der Waals surface area contributed by atoms with Gasteiger partial charge in [-0.15, -0.1) is 0 Å². The van der Waals surface area contributed by atoms with Crippen molar-refractivity contribution in [3.8, 4) is 5.75 Å². The van der Waals surface area contributed by atoms with E-state index in [0.717, 1.165) is 5.56 Å². The molecule has 0 aliphatic heterocycles. The first-order chi connectivity index (χ1) is 8.28. The van der Waals surface area contributed by atoms with E-state index in [1.54, 1.807) is 12.1 Å². The first-order valence-electron chi connectivity index (χ1n) is 5.72. The number of phenols is 1. The van der Waals surface area contributed by atoms with Crippen molar-refractivity contribution in [1.29, 1.82) is 0 Å². The van der Waals surface area contributed by atoms with E-state index < -0.39 is 17.6 Å². The number of carboxylic acid groups (broad SMARTS) is 1. The summed E-state index contributed by atoms with van der Waals surface area (Å²) in [6, 6.07) is 5.60. The molecule has 0 bridgehead atoms. The Kier molecular flexibility index (Phi) is 4.69. The second kappa shape index (κ2) is 5.84. The number of nitrogens with one attached hydrogen (secondary N) is 1. The molecule has 0 aliphatic carbocycles. The van der Waals surface area contributed by atoms with Gasteiger partial charge in [0.1, 0.15) is 11.8 Å². The number of benzene rings is 1. The Morgan fingerprint density at radius 2 is 1.89 bits per heavy atom. The lowest BCUT2D eigenvalue weighted by molar-refractivity contribution is -0.150. The molecule has 100 valence electrons. The summed E-state index contributed by atoms with van der Waals surface area (Å²) in [4.78, 5) is 16.4. The van der Waals surface area contributed by atoms with Gasteiger partial charge >= 0.3 is 5.97 Å². The fourth-order valence-corrected chi connectivity index (χ4v) is 1.30. The number of hydroxylamine groups is 1. The molecule has 0 saturated heterocycles. The van der Waals surface area contributed by atoms with Gasteiger partial charge in [0.15, 0.2) is 0 Å². The molecule has 0 amide bonds. The van der Waals surface area contributed by atoms with Crippen molar-refractivity contribution in [1.82, 2.24) is 5.48 Å².